The molecule has 1 amide bonds. The average molecular weight is 213 g/mol. The Labute approximate surface area is 88.3 Å². The van der Waals surface area contributed by atoms with Crippen LogP contribution in [0.15, 0.2) is 5.10 Å². The fourth-order valence-electron chi connectivity index (χ4n) is 1.63. The maximum absolute atomic E-state index is 11.8. The van der Waals surface area contributed by atoms with Crippen LogP contribution in [0, 0.1) is 5.92 Å². The van der Waals surface area contributed by atoms with Gasteiger partial charge in [-0.25, -0.2) is 5.01 Å². The second-order valence-electron chi connectivity index (χ2n) is 3.92. The third-order valence-corrected chi connectivity index (χ3v) is 3.57. The van der Waals surface area contributed by atoms with Gasteiger partial charge in [-0.2, -0.15) is 16.9 Å². The molecule has 0 spiro atoms. The highest BCUT2D eigenvalue weighted by molar-refractivity contribution is 8.00. The highest BCUT2D eigenvalue weighted by atomic mass is 32.2. The van der Waals surface area contributed by atoms with E-state index in [0.29, 0.717) is 0 Å². The van der Waals surface area contributed by atoms with Gasteiger partial charge in [0.05, 0.1) is 18.2 Å². The number of fused-ring (bicyclic) bond motifs is 1. The van der Waals surface area contributed by atoms with E-state index in [1.807, 2.05) is 25.9 Å². The van der Waals surface area contributed by atoms with Gasteiger partial charge in [0.25, 0.3) is 5.91 Å². The fourth-order valence-corrected chi connectivity index (χ4v) is 2.79. The number of rotatable bonds is 3. The van der Waals surface area contributed by atoms with E-state index >= 15 is 0 Å². The lowest BCUT2D eigenvalue weighted by Gasteiger charge is -2.16. The Kier molecular flexibility index (Phi) is 2.78. The lowest BCUT2D eigenvalue weighted by Crippen LogP contribution is -2.33. The highest BCUT2D eigenvalue weighted by Crippen LogP contribution is 2.28. The largest absolute Gasteiger partial charge is 0.308 e. The summed E-state index contributed by atoms with van der Waals surface area (Å²) in [5.74, 6) is 2.17. The third kappa shape index (κ3) is 1.79. The maximum atomic E-state index is 11.8. The van der Waals surface area contributed by atoms with E-state index in [2.05, 4.69) is 10.0 Å². The SMILES string of the molecule is CN(C)CCN1N=C2CSCC2C1=O. The van der Waals surface area contributed by atoms with Crippen molar-refractivity contribution in [3.8, 4) is 0 Å². The Balaban J connectivity index is 1.95. The molecule has 0 bridgehead atoms. The molecule has 0 aromatic rings. The van der Waals surface area contributed by atoms with Crippen LogP contribution in [-0.4, -0.2) is 60.2 Å². The molecule has 2 aliphatic heterocycles. The highest BCUT2D eigenvalue weighted by Gasteiger charge is 2.38. The Morgan fingerprint density at radius 2 is 2.43 bits per heavy atom. The van der Waals surface area contributed by atoms with Crippen LogP contribution < -0.4 is 0 Å². The van der Waals surface area contributed by atoms with Crippen molar-refractivity contribution in [1.82, 2.24) is 9.91 Å². The Morgan fingerprint density at radius 1 is 1.64 bits per heavy atom. The van der Waals surface area contributed by atoms with E-state index in [9.17, 15) is 4.79 Å². The quantitative estimate of drug-likeness (QED) is 0.667. The van der Waals surface area contributed by atoms with Crippen LogP contribution in [0.25, 0.3) is 0 Å². The Bertz CT molecular complexity index is 277. The predicted molar refractivity (Wildman–Crippen MR) is 58.5 cm³/mol. The minimum absolute atomic E-state index is 0.0992. The van der Waals surface area contributed by atoms with Gasteiger partial charge in [0.2, 0.25) is 0 Å². The summed E-state index contributed by atoms with van der Waals surface area (Å²) < 4.78 is 0. The van der Waals surface area contributed by atoms with Crippen molar-refractivity contribution in [2.45, 2.75) is 0 Å². The van der Waals surface area contributed by atoms with Crippen molar-refractivity contribution < 1.29 is 4.79 Å². The average Bonchev–Trinajstić information content (AvgIpc) is 2.66. The first-order valence-corrected chi connectivity index (χ1v) is 5.95. The predicted octanol–water partition coefficient (Wildman–Crippen LogP) is 0.109. The van der Waals surface area contributed by atoms with Crippen molar-refractivity contribution in [2.75, 3.05) is 38.7 Å². The molecule has 14 heavy (non-hydrogen) atoms. The van der Waals surface area contributed by atoms with Crippen LogP contribution in [0.2, 0.25) is 0 Å². The number of nitrogens with zero attached hydrogens (tertiary/aromatic N) is 3. The van der Waals surface area contributed by atoms with Crippen molar-refractivity contribution in [3.05, 3.63) is 0 Å². The molecule has 78 valence electrons. The van der Waals surface area contributed by atoms with Gasteiger partial charge in [-0.05, 0) is 14.1 Å². The minimum Gasteiger partial charge on any atom is -0.308 e. The summed E-state index contributed by atoms with van der Waals surface area (Å²) in [6.07, 6.45) is 0. The molecule has 0 saturated carbocycles. The number of hydrogen-bond donors (Lipinski definition) is 0. The van der Waals surface area contributed by atoms with Crippen LogP contribution in [0.4, 0.5) is 0 Å². The maximum Gasteiger partial charge on any atom is 0.252 e. The summed E-state index contributed by atoms with van der Waals surface area (Å²) >= 11 is 1.81. The summed E-state index contributed by atoms with van der Waals surface area (Å²) in [5.41, 5.74) is 1.08. The van der Waals surface area contributed by atoms with Gasteiger partial charge < -0.3 is 4.90 Å². The van der Waals surface area contributed by atoms with Crippen LogP contribution in [0.1, 0.15) is 0 Å². The Morgan fingerprint density at radius 3 is 3.07 bits per heavy atom. The lowest BCUT2D eigenvalue weighted by molar-refractivity contribution is -0.131. The van der Waals surface area contributed by atoms with Crippen LogP contribution >= 0.6 is 11.8 Å². The monoisotopic (exact) mass is 213 g/mol. The van der Waals surface area contributed by atoms with E-state index in [4.69, 9.17) is 0 Å². The standard InChI is InChI=1S/C9H15N3OS/c1-11(2)3-4-12-9(13)7-5-14-6-8(7)10-12/h7H,3-6H2,1-2H3. The number of amides is 1. The number of hydrogen-bond acceptors (Lipinski definition) is 4. The molecule has 0 aromatic carbocycles. The zero-order chi connectivity index (χ0) is 10.1. The number of thioether (sulfide) groups is 1. The molecular weight excluding hydrogens is 198 g/mol. The zero-order valence-corrected chi connectivity index (χ0v) is 9.38. The first-order valence-electron chi connectivity index (χ1n) is 4.79. The fraction of sp³-hybridized carbons (Fsp3) is 0.778. The second-order valence-corrected chi connectivity index (χ2v) is 4.95. The first kappa shape index (κ1) is 9.98. The van der Waals surface area contributed by atoms with Crippen molar-refractivity contribution in [2.24, 2.45) is 11.0 Å². The van der Waals surface area contributed by atoms with Crippen LogP contribution in [-0.2, 0) is 4.79 Å². The number of likely N-dealkylation sites (N-methyl/N-ethyl adjacent to an activating group) is 1. The zero-order valence-electron chi connectivity index (χ0n) is 8.56. The van der Waals surface area contributed by atoms with Gasteiger partial charge in [-0.3, -0.25) is 4.79 Å². The first-order chi connectivity index (χ1) is 6.68. The summed E-state index contributed by atoms with van der Waals surface area (Å²) in [6, 6.07) is 0. The molecule has 1 unspecified atom stereocenters. The number of hydrazone groups is 1. The molecule has 2 rings (SSSR count). The van der Waals surface area contributed by atoms with Crippen LogP contribution in [0.5, 0.6) is 0 Å². The summed E-state index contributed by atoms with van der Waals surface area (Å²) in [5, 5.41) is 5.99. The number of carbonyl (C=O) groups is 1. The van der Waals surface area contributed by atoms with Gasteiger partial charge in [0.1, 0.15) is 0 Å². The molecule has 1 atom stereocenters. The number of carbonyl (C=O) groups excluding carboxylic acids is 1. The summed E-state index contributed by atoms with van der Waals surface area (Å²) in [4.78, 5) is 13.8. The molecule has 0 N–H and O–H groups in total. The minimum atomic E-state index is 0.0992. The smallest absolute Gasteiger partial charge is 0.252 e. The van der Waals surface area contributed by atoms with E-state index in [1.165, 1.54) is 0 Å². The summed E-state index contributed by atoms with van der Waals surface area (Å²) in [6.45, 7) is 1.60. The van der Waals surface area contributed by atoms with Gasteiger partial charge in [-0.15, -0.1) is 0 Å². The molecule has 2 heterocycles. The molecule has 5 heteroatoms. The van der Waals surface area contributed by atoms with Gasteiger partial charge in [0.15, 0.2) is 0 Å². The molecule has 0 aliphatic carbocycles. The Hall–Kier alpha value is -0.550. The van der Waals surface area contributed by atoms with Gasteiger partial charge >= 0.3 is 0 Å². The molecule has 2 aliphatic rings. The molecule has 1 fully saturated rings. The van der Waals surface area contributed by atoms with E-state index < -0.39 is 0 Å². The normalized spacial score (nSPS) is 25.9. The molecular formula is C9H15N3OS. The molecule has 1 saturated heterocycles. The second kappa shape index (κ2) is 3.90. The van der Waals surface area contributed by atoms with Crippen LogP contribution in [0.3, 0.4) is 0 Å². The third-order valence-electron chi connectivity index (χ3n) is 2.50. The topological polar surface area (TPSA) is 35.9 Å². The summed E-state index contributed by atoms with van der Waals surface area (Å²) in [7, 11) is 4.01. The van der Waals surface area contributed by atoms with Crippen molar-refractivity contribution >= 4 is 23.4 Å². The van der Waals surface area contributed by atoms with Gasteiger partial charge in [-0.1, -0.05) is 0 Å². The van der Waals surface area contributed by atoms with Gasteiger partial charge in [0, 0.05) is 18.1 Å². The van der Waals surface area contributed by atoms with E-state index in [0.717, 1.165) is 30.3 Å². The molecule has 0 radical (unpaired) electrons. The van der Waals surface area contributed by atoms with E-state index in [-0.39, 0.29) is 11.8 Å². The molecule has 0 aromatic heterocycles. The van der Waals surface area contributed by atoms with E-state index in [1.54, 1.807) is 5.01 Å². The van der Waals surface area contributed by atoms with Crippen molar-refractivity contribution in [1.29, 1.82) is 0 Å². The molecule has 4 nitrogen and oxygen atoms in total. The lowest BCUT2D eigenvalue weighted by atomic mass is 10.1. The van der Waals surface area contributed by atoms with Crippen molar-refractivity contribution in [3.63, 3.8) is 0 Å².